The SMILES string of the molecule is CCNc1ccnc(C2COCCO2)n1. The van der Waals surface area contributed by atoms with E-state index < -0.39 is 0 Å². The maximum absolute atomic E-state index is 5.52. The van der Waals surface area contributed by atoms with Crippen molar-refractivity contribution in [2.24, 2.45) is 0 Å². The van der Waals surface area contributed by atoms with Crippen molar-refractivity contribution < 1.29 is 9.47 Å². The smallest absolute Gasteiger partial charge is 0.161 e. The Balaban J connectivity index is 2.09. The van der Waals surface area contributed by atoms with Gasteiger partial charge in [-0.1, -0.05) is 0 Å². The van der Waals surface area contributed by atoms with Crippen molar-refractivity contribution in [1.82, 2.24) is 9.97 Å². The fourth-order valence-corrected chi connectivity index (χ4v) is 1.45. The van der Waals surface area contributed by atoms with Crippen LogP contribution >= 0.6 is 0 Å². The Morgan fingerprint density at radius 1 is 1.53 bits per heavy atom. The number of hydrogen-bond acceptors (Lipinski definition) is 5. The van der Waals surface area contributed by atoms with Crippen molar-refractivity contribution in [2.45, 2.75) is 13.0 Å². The minimum atomic E-state index is -0.127. The Labute approximate surface area is 88.8 Å². The highest BCUT2D eigenvalue weighted by molar-refractivity contribution is 5.32. The summed E-state index contributed by atoms with van der Waals surface area (Å²) in [5.41, 5.74) is 0. The average Bonchev–Trinajstić information content (AvgIpc) is 2.31. The van der Waals surface area contributed by atoms with Gasteiger partial charge >= 0.3 is 0 Å². The van der Waals surface area contributed by atoms with Gasteiger partial charge < -0.3 is 14.8 Å². The second kappa shape index (κ2) is 5.04. The molecule has 1 aliphatic heterocycles. The predicted octanol–water partition coefficient (Wildman–Crippen LogP) is 0.996. The maximum Gasteiger partial charge on any atom is 0.161 e. The van der Waals surface area contributed by atoms with Crippen LogP contribution in [0.3, 0.4) is 0 Å². The first-order chi connectivity index (χ1) is 7.40. The summed E-state index contributed by atoms with van der Waals surface area (Å²) in [5, 5.41) is 3.14. The van der Waals surface area contributed by atoms with Crippen molar-refractivity contribution in [3.8, 4) is 0 Å². The van der Waals surface area contributed by atoms with E-state index in [0.717, 1.165) is 12.4 Å². The molecule has 2 rings (SSSR count). The van der Waals surface area contributed by atoms with Gasteiger partial charge in [0.2, 0.25) is 0 Å². The first kappa shape index (κ1) is 10.3. The summed E-state index contributed by atoms with van der Waals surface area (Å²) in [4.78, 5) is 8.55. The second-order valence-electron chi connectivity index (χ2n) is 3.26. The van der Waals surface area contributed by atoms with Crippen LogP contribution in [-0.2, 0) is 9.47 Å². The zero-order valence-electron chi connectivity index (χ0n) is 8.77. The summed E-state index contributed by atoms with van der Waals surface area (Å²) < 4.78 is 10.8. The lowest BCUT2D eigenvalue weighted by Gasteiger charge is -2.21. The summed E-state index contributed by atoms with van der Waals surface area (Å²) in [7, 11) is 0. The third kappa shape index (κ3) is 2.64. The summed E-state index contributed by atoms with van der Waals surface area (Å²) >= 11 is 0. The van der Waals surface area contributed by atoms with Crippen molar-refractivity contribution >= 4 is 5.82 Å². The minimum absolute atomic E-state index is 0.127. The van der Waals surface area contributed by atoms with Crippen LogP contribution in [-0.4, -0.2) is 36.3 Å². The van der Waals surface area contributed by atoms with Crippen LogP contribution in [0, 0.1) is 0 Å². The molecular weight excluding hydrogens is 194 g/mol. The van der Waals surface area contributed by atoms with E-state index in [1.54, 1.807) is 6.20 Å². The number of nitrogens with zero attached hydrogens (tertiary/aromatic N) is 2. The van der Waals surface area contributed by atoms with Crippen LogP contribution in [0.25, 0.3) is 0 Å². The normalized spacial score (nSPS) is 21.3. The van der Waals surface area contributed by atoms with Crippen LogP contribution < -0.4 is 5.32 Å². The quantitative estimate of drug-likeness (QED) is 0.804. The average molecular weight is 209 g/mol. The molecule has 82 valence electrons. The lowest BCUT2D eigenvalue weighted by Crippen LogP contribution is -2.23. The third-order valence-corrected chi connectivity index (χ3v) is 2.14. The highest BCUT2D eigenvalue weighted by Crippen LogP contribution is 2.17. The molecule has 1 N–H and O–H groups in total. The van der Waals surface area contributed by atoms with Gasteiger partial charge in [0.05, 0.1) is 19.8 Å². The molecule has 1 aliphatic rings. The fourth-order valence-electron chi connectivity index (χ4n) is 1.45. The van der Waals surface area contributed by atoms with Gasteiger partial charge in [0.25, 0.3) is 0 Å². The molecule has 1 atom stereocenters. The van der Waals surface area contributed by atoms with Crippen molar-refractivity contribution in [3.05, 3.63) is 18.1 Å². The van der Waals surface area contributed by atoms with E-state index in [1.807, 2.05) is 13.0 Å². The number of nitrogens with one attached hydrogen (secondary N) is 1. The molecule has 0 aliphatic carbocycles. The van der Waals surface area contributed by atoms with E-state index in [1.165, 1.54) is 0 Å². The highest BCUT2D eigenvalue weighted by Gasteiger charge is 2.19. The molecule has 1 aromatic heterocycles. The Morgan fingerprint density at radius 3 is 3.20 bits per heavy atom. The number of anilines is 1. The lowest BCUT2D eigenvalue weighted by molar-refractivity contribution is -0.0934. The van der Waals surface area contributed by atoms with Crippen LogP contribution in [0.5, 0.6) is 0 Å². The van der Waals surface area contributed by atoms with Crippen LogP contribution in [0.2, 0.25) is 0 Å². The molecule has 1 saturated heterocycles. The summed E-state index contributed by atoms with van der Waals surface area (Å²) in [6.07, 6.45) is 1.61. The van der Waals surface area contributed by atoms with E-state index in [4.69, 9.17) is 9.47 Å². The Bertz CT molecular complexity index is 313. The first-order valence-corrected chi connectivity index (χ1v) is 5.16. The molecule has 1 unspecified atom stereocenters. The number of rotatable bonds is 3. The van der Waals surface area contributed by atoms with Gasteiger partial charge in [0.15, 0.2) is 5.82 Å². The summed E-state index contributed by atoms with van der Waals surface area (Å²) in [6.45, 7) is 4.68. The van der Waals surface area contributed by atoms with Crippen molar-refractivity contribution in [2.75, 3.05) is 31.7 Å². The zero-order valence-corrected chi connectivity index (χ0v) is 8.77. The van der Waals surface area contributed by atoms with Gasteiger partial charge in [0.1, 0.15) is 11.9 Å². The molecule has 0 amide bonds. The molecule has 0 aromatic carbocycles. The first-order valence-electron chi connectivity index (χ1n) is 5.16. The molecule has 0 bridgehead atoms. The van der Waals surface area contributed by atoms with E-state index in [0.29, 0.717) is 25.6 Å². The summed E-state index contributed by atoms with van der Waals surface area (Å²) in [5.74, 6) is 1.52. The van der Waals surface area contributed by atoms with Crippen LogP contribution in [0.1, 0.15) is 18.9 Å². The molecule has 0 saturated carbocycles. The van der Waals surface area contributed by atoms with Gasteiger partial charge in [-0.2, -0.15) is 0 Å². The molecule has 1 fully saturated rings. The standard InChI is InChI=1S/C10H15N3O2/c1-2-11-9-3-4-12-10(13-9)8-7-14-5-6-15-8/h3-4,8H,2,5-7H2,1H3,(H,11,12,13). The minimum Gasteiger partial charge on any atom is -0.376 e. The number of hydrogen-bond donors (Lipinski definition) is 1. The van der Waals surface area contributed by atoms with E-state index in [2.05, 4.69) is 15.3 Å². The van der Waals surface area contributed by atoms with Crippen LogP contribution in [0.4, 0.5) is 5.82 Å². The maximum atomic E-state index is 5.52. The molecule has 15 heavy (non-hydrogen) atoms. The van der Waals surface area contributed by atoms with E-state index >= 15 is 0 Å². The topological polar surface area (TPSA) is 56.3 Å². The van der Waals surface area contributed by atoms with Gasteiger partial charge in [0, 0.05) is 12.7 Å². The molecular formula is C10H15N3O2. The van der Waals surface area contributed by atoms with Crippen molar-refractivity contribution in [1.29, 1.82) is 0 Å². The molecule has 5 nitrogen and oxygen atoms in total. The molecule has 1 aromatic rings. The largest absolute Gasteiger partial charge is 0.376 e. The van der Waals surface area contributed by atoms with Crippen molar-refractivity contribution in [3.63, 3.8) is 0 Å². The number of aromatic nitrogens is 2. The van der Waals surface area contributed by atoms with Crippen LogP contribution in [0.15, 0.2) is 12.3 Å². The van der Waals surface area contributed by atoms with Gasteiger partial charge in [-0.05, 0) is 13.0 Å². The number of ether oxygens (including phenoxy) is 2. The Morgan fingerprint density at radius 2 is 2.47 bits per heavy atom. The third-order valence-electron chi connectivity index (χ3n) is 2.14. The fraction of sp³-hybridized carbons (Fsp3) is 0.600. The molecule has 2 heterocycles. The van der Waals surface area contributed by atoms with Gasteiger partial charge in [-0.3, -0.25) is 0 Å². The summed E-state index contributed by atoms with van der Waals surface area (Å²) in [6, 6.07) is 1.84. The Kier molecular flexibility index (Phi) is 3.47. The van der Waals surface area contributed by atoms with E-state index in [-0.39, 0.29) is 6.10 Å². The lowest BCUT2D eigenvalue weighted by atomic mass is 10.3. The van der Waals surface area contributed by atoms with E-state index in [9.17, 15) is 0 Å². The second-order valence-corrected chi connectivity index (χ2v) is 3.26. The zero-order chi connectivity index (χ0) is 10.5. The molecule has 0 spiro atoms. The Hall–Kier alpha value is -1.20. The van der Waals surface area contributed by atoms with Gasteiger partial charge in [-0.15, -0.1) is 0 Å². The predicted molar refractivity (Wildman–Crippen MR) is 55.7 cm³/mol. The highest BCUT2D eigenvalue weighted by atomic mass is 16.6. The monoisotopic (exact) mass is 209 g/mol. The molecule has 0 radical (unpaired) electrons. The van der Waals surface area contributed by atoms with Gasteiger partial charge in [-0.25, -0.2) is 9.97 Å². The molecule has 5 heteroatoms.